The summed E-state index contributed by atoms with van der Waals surface area (Å²) < 4.78 is 16.5. The first-order valence-corrected chi connectivity index (χ1v) is 13.4. The molecule has 3 aromatic carbocycles. The van der Waals surface area contributed by atoms with E-state index in [0.29, 0.717) is 38.5 Å². The first kappa shape index (κ1) is 26.7. The van der Waals surface area contributed by atoms with E-state index in [-0.39, 0.29) is 11.3 Å². The van der Waals surface area contributed by atoms with Gasteiger partial charge >= 0.3 is 0 Å². The van der Waals surface area contributed by atoms with E-state index in [2.05, 4.69) is 4.90 Å². The minimum atomic E-state index is -0.710. The molecule has 0 spiro atoms. The molecule has 0 bridgehead atoms. The number of likely N-dealkylation sites (tertiary alicyclic amines) is 1. The second-order valence-corrected chi connectivity index (χ2v) is 9.79. The van der Waals surface area contributed by atoms with Crippen molar-refractivity contribution >= 4 is 28.2 Å². The zero-order valence-electron chi connectivity index (χ0n) is 22.4. The van der Waals surface area contributed by atoms with E-state index in [1.54, 1.807) is 18.1 Å². The van der Waals surface area contributed by atoms with Crippen LogP contribution in [-0.4, -0.2) is 79.7 Å². The standard InChI is InChI=1S/C31H34N2O6/c1-3-16-39-25-9-6-21(7-10-25)28-27(30(35)31(36)33(28)13-12-32-14-17-38-18-15-32)29(34)24-5-4-23-20-26(37-2)11-8-22(23)19-24/h4-11,19-20,28,34H,3,12-18H2,1-2H3/b29-27+. The molecule has 0 saturated carbocycles. The Morgan fingerprint density at radius 2 is 1.64 bits per heavy atom. The third kappa shape index (κ3) is 5.62. The number of aliphatic hydroxyl groups is 1. The lowest BCUT2D eigenvalue weighted by atomic mass is 9.94. The highest BCUT2D eigenvalue weighted by Gasteiger charge is 2.46. The average molecular weight is 531 g/mol. The first-order valence-electron chi connectivity index (χ1n) is 13.4. The largest absolute Gasteiger partial charge is 0.507 e. The smallest absolute Gasteiger partial charge is 0.295 e. The van der Waals surface area contributed by atoms with Gasteiger partial charge in [-0.3, -0.25) is 14.5 Å². The van der Waals surface area contributed by atoms with Crippen molar-refractivity contribution < 1.29 is 28.9 Å². The van der Waals surface area contributed by atoms with Gasteiger partial charge in [0.05, 0.1) is 38.5 Å². The molecular formula is C31H34N2O6. The number of morpholine rings is 1. The first-order chi connectivity index (χ1) is 19.0. The van der Waals surface area contributed by atoms with Gasteiger partial charge in [-0.15, -0.1) is 0 Å². The average Bonchev–Trinajstić information content (AvgIpc) is 3.23. The second-order valence-electron chi connectivity index (χ2n) is 9.79. The lowest BCUT2D eigenvalue weighted by Crippen LogP contribution is -2.42. The number of carbonyl (C=O) groups excluding carboxylic acids is 2. The van der Waals surface area contributed by atoms with Crippen LogP contribution in [0.2, 0.25) is 0 Å². The van der Waals surface area contributed by atoms with Crippen LogP contribution in [0.3, 0.4) is 0 Å². The summed E-state index contributed by atoms with van der Waals surface area (Å²) in [6.45, 7) is 6.47. The van der Waals surface area contributed by atoms with E-state index in [0.717, 1.165) is 47.3 Å². The van der Waals surface area contributed by atoms with Gasteiger partial charge in [0, 0.05) is 31.7 Å². The molecule has 0 radical (unpaired) electrons. The molecule has 2 heterocycles. The molecule has 2 fully saturated rings. The van der Waals surface area contributed by atoms with Gasteiger partial charge in [0.2, 0.25) is 0 Å². The number of hydrogen-bond acceptors (Lipinski definition) is 7. The van der Waals surface area contributed by atoms with Gasteiger partial charge in [-0.05, 0) is 53.1 Å². The van der Waals surface area contributed by atoms with Crippen LogP contribution in [0.1, 0.15) is 30.5 Å². The summed E-state index contributed by atoms with van der Waals surface area (Å²) in [4.78, 5) is 30.6. The molecule has 39 heavy (non-hydrogen) atoms. The fourth-order valence-electron chi connectivity index (χ4n) is 5.15. The number of ether oxygens (including phenoxy) is 3. The Morgan fingerprint density at radius 3 is 2.36 bits per heavy atom. The summed E-state index contributed by atoms with van der Waals surface area (Å²) in [5.41, 5.74) is 1.32. The lowest BCUT2D eigenvalue weighted by Gasteiger charge is -2.31. The van der Waals surface area contributed by atoms with Crippen molar-refractivity contribution in [3.8, 4) is 11.5 Å². The Morgan fingerprint density at radius 1 is 0.949 bits per heavy atom. The molecular weight excluding hydrogens is 496 g/mol. The van der Waals surface area contributed by atoms with E-state index in [9.17, 15) is 14.7 Å². The number of Topliss-reactive ketones (excluding diaryl/α,β-unsaturated/α-hetero) is 1. The maximum absolute atomic E-state index is 13.4. The van der Waals surface area contributed by atoms with Crippen molar-refractivity contribution in [2.24, 2.45) is 0 Å². The zero-order valence-corrected chi connectivity index (χ0v) is 22.4. The molecule has 1 N–H and O–H groups in total. The molecule has 1 unspecified atom stereocenters. The van der Waals surface area contributed by atoms with Gasteiger partial charge in [-0.1, -0.05) is 37.3 Å². The minimum Gasteiger partial charge on any atom is -0.507 e. The van der Waals surface area contributed by atoms with Gasteiger partial charge in [0.25, 0.3) is 11.7 Å². The van der Waals surface area contributed by atoms with Crippen molar-refractivity contribution in [2.45, 2.75) is 19.4 Å². The Labute approximate surface area is 228 Å². The fraction of sp³-hybridized carbons (Fsp3) is 0.355. The van der Waals surface area contributed by atoms with Crippen LogP contribution in [0.25, 0.3) is 16.5 Å². The van der Waals surface area contributed by atoms with E-state index < -0.39 is 17.7 Å². The lowest BCUT2D eigenvalue weighted by molar-refractivity contribution is -0.140. The number of ketones is 1. The molecule has 0 aromatic heterocycles. The number of nitrogens with zero attached hydrogens (tertiary/aromatic N) is 2. The predicted molar refractivity (Wildman–Crippen MR) is 149 cm³/mol. The van der Waals surface area contributed by atoms with Gasteiger partial charge in [0.1, 0.15) is 17.3 Å². The second kappa shape index (κ2) is 11.9. The molecule has 2 aliphatic heterocycles. The highest BCUT2D eigenvalue weighted by atomic mass is 16.5. The van der Waals surface area contributed by atoms with E-state index in [4.69, 9.17) is 14.2 Å². The molecule has 5 rings (SSSR count). The Kier molecular flexibility index (Phi) is 8.14. The minimum absolute atomic E-state index is 0.0945. The van der Waals surface area contributed by atoms with Crippen molar-refractivity contribution in [1.29, 1.82) is 0 Å². The molecule has 2 saturated heterocycles. The summed E-state index contributed by atoms with van der Waals surface area (Å²) in [5.74, 6) is -0.0175. The normalized spacial score (nSPS) is 19.5. The molecule has 8 nitrogen and oxygen atoms in total. The van der Waals surface area contributed by atoms with Crippen molar-refractivity contribution in [1.82, 2.24) is 9.80 Å². The van der Waals surface area contributed by atoms with Gasteiger partial charge < -0.3 is 24.2 Å². The van der Waals surface area contributed by atoms with Gasteiger partial charge in [0.15, 0.2) is 0 Å². The Hall–Kier alpha value is -3.88. The molecule has 2 aliphatic rings. The monoisotopic (exact) mass is 530 g/mol. The van der Waals surface area contributed by atoms with E-state index in [1.807, 2.05) is 61.5 Å². The molecule has 1 atom stereocenters. The van der Waals surface area contributed by atoms with Crippen LogP contribution >= 0.6 is 0 Å². The number of amides is 1. The predicted octanol–water partition coefficient (Wildman–Crippen LogP) is 4.39. The molecule has 3 aromatic rings. The number of hydrogen-bond donors (Lipinski definition) is 1. The number of fused-ring (bicyclic) bond motifs is 1. The fourth-order valence-corrected chi connectivity index (χ4v) is 5.15. The third-order valence-electron chi connectivity index (χ3n) is 7.29. The summed E-state index contributed by atoms with van der Waals surface area (Å²) >= 11 is 0. The van der Waals surface area contributed by atoms with Crippen molar-refractivity contribution in [3.05, 3.63) is 77.4 Å². The van der Waals surface area contributed by atoms with Crippen LogP contribution in [0, 0.1) is 0 Å². The van der Waals surface area contributed by atoms with Crippen LogP contribution in [0.15, 0.2) is 66.2 Å². The summed E-state index contributed by atoms with van der Waals surface area (Å²) in [5, 5.41) is 13.3. The third-order valence-corrected chi connectivity index (χ3v) is 7.29. The number of aliphatic hydroxyl groups excluding tert-OH is 1. The Balaban J connectivity index is 1.53. The van der Waals surface area contributed by atoms with Crippen LogP contribution in [-0.2, 0) is 14.3 Å². The highest BCUT2D eigenvalue weighted by molar-refractivity contribution is 6.46. The number of carbonyl (C=O) groups is 2. The SMILES string of the molecule is CCCOc1ccc(C2/C(=C(\O)c3ccc4cc(OC)ccc4c3)C(=O)C(=O)N2CCN2CCOCC2)cc1. The maximum atomic E-state index is 13.4. The Bertz CT molecular complexity index is 1380. The maximum Gasteiger partial charge on any atom is 0.295 e. The van der Waals surface area contributed by atoms with E-state index in [1.165, 1.54) is 0 Å². The van der Waals surface area contributed by atoms with Crippen LogP contribution in [0.4, 0.5) is 0 Å². The molecule has 8 heteroatoms. The summed E-state index contributed by atoms with van der Waals surface area (Å²) in [6.07, 6.45) is 0.891. The van der Waals surface area contributed by atoms with Gasteiger partial charge in [-0.2, -0.15) is 0 Å². The molecule has 0 aliphatic carbocycles. The van der Waals surface area contributed by atoms with Crippen molar-refractivity contribution in [2.75, 3.05) is 53.1 Å². The van der Waals surface area contributed by atoms with Crippen LogP contribution in [0.5, 0.6) is 11.5 Å². The topological polar surface area (TPSA) is 88.5 Å². The number of benzene rings is 3. The quantitative estimate of drug-likeness (QED) is 0.249. The van der Waals surface area contributed by atoms with E-state index >= 15 is 0 Å². The number of methoxy groups -OCH3 is 1. The molecule has 204 valence electrons. The van der Waals surface area contributed by atoms with Crippen molar-refractivity contribution in [3.63, 3.8) is 0 Å². The molecule has 1 amide bonds. The highest BCUT2D eigenvalue weighted by Crippen LogP contribution is 2.40. The van der Waals surface area contributed by atoms with Crippen LogP contribution < -0.4 is 9.47 Å². The summed E-state index contributed by atoms with van der Waals surface area (Å²) in [7, 11) is 1.61. The van der Waals surface area contributed by atoms with Gasteiger partial charge in [-0.25, -0.2) is 0 Å². The number of rotatable bonds is 9. The summed E-state index contributed by atoms with van der Waals surface area (Å²) in [6, 6.07) is 17.8. The zero-order chi connectivity index (χ0) is 27.4.